The van der Waals surface area contributed by atoms with Crippen LogP contribution in [0.3, 0.4) is 0 Å². The lowest BCUT2D eigenvalue weighted by Gasteiger charge is -2.24. The SMILES string of the molecule is CCOC.CN=C(c1nc(C(F)(F)F)sc1Nc1ccccc1)N1CCCN(CCF)CC1. The molecule has 0 spiro atoms. The van der Waals surface area contributed by atoms with E-state index < -0.39 is 17.9 Å². The van der Waals surface area contributed by atoms with Crippen molar-refractivity contribution in [1.82, 2.24) is 14.8 Å². The minimum atomic E-state index is -4.54. The summed E-state index contributed by atoms with van der Waals surface area (Å²) in [7, 11) is 3.23. The largest absolute Gasteiger partial charge is 0.443 e. The zero-order valence-corrected chi connectivity index (χ0v) is 20.0. The molecular formula is C22H31F4N5OS. The van der Waals surface area contributed by atoms with Crippen molar-refractivity contribution in [2.24, 2.45) is 4.99 Å². The fourth-order valence-electron chi connectivity index (χ4n) is 3.25. The van der Waals surface area contributed by atoms with Gasteiger partial charge in [-0.1, -0.05) is 29.5 Å². The molecule has 1 aliphatic heterocycles. The number of methoxy groups -OCH3 is 1. The van der Waals surface area contributed by atoms with E-state index in [1.807, 2.05) is 22.8 Å². The molecule has 1 saturated heterocycles. The van der Waals surface area contributed by atoms with Crippen LogP contribution in [0.2, 0.25) is 0 Å². The highest BCUT2D eigenvalue weighted by atomic mass is 32.1. The van der Waals surface area contributed by atoms with E-state index in [1.54, 1.807) is 38.4 Å². The van der Waals surface area contributed by atoms with Gasteiger partial charge in [0.05, 0.1) is 0 Å². The number of aliphatic imine (C=N–C) groups is 1. The summed E-state index contributed by atoms with van der Waals surface area (Å²) in [6.07, 6.45) is -3.76. The molecule has 0 saturated carbocycles. The Bertz CT molecular complexity index is 858. The maximum Gasteiger partial charge on any atom is 0.443 e. The fraction of sp³-hybridized carbons (Fsp3) is 0.545. The summed E-state index contributed by atoms with van der Waals surface area (Å²) in [4.78, 5) is 12.1. The lowest BCUT2D eigenvalue weighted by Crippen LogP contribution is -2.36. The fourth-order valence-corrected chi connectivity index (χ4v) is 4.10. The standard InChI is InChI=1S/C19H23F4N5S.C3H8O/c1-24-16(28-10-5-9-27(11-8-20)12-13-28)15-17(25-14-6-3-2-4-7-14)29-18(26-15)19(21,22)23;1-3-4-2/h2-4,6-7,25H,5,8-13H2,1H3;3H2,1-2H3. The van der Waals surface area contributed by atoms with Gasteiger partial charge in [-0.2, -0.15) is 13.2 Å². The van der Waals surface area contributed by atoms with Crippen molar-refractivity contribution in [2.75, 3.05) is 65.5 Å². The highest BCUT2D eigenvalue weighted by Crippen LogP contribution is 2.38. The first kappa shape index (κ1) is 27.0. The molecule has 2 aromatic rings. The molecule has 184 valence electrons. The van der Waals surface area contributed by atoms with E-state index >= 15 is 0 Å². The molecule has 0 aliphatic carbocycles. The van der Waals surface area contributed by atoms with E-state index in [1.165, 1.54) is 0 Å². The van der Waals surface area contributed by atoms with E-state index in [0.29, 0.717) is 54.0 Å². The highest BCUT2D eigenvalue weighted by molar-refractivity contribution is 7.16. The minimum Gasteiger partial charge on any atom is -0.385 e. The second kappa shape index (κ2) is 13.5. The van der Waals surface area contributed by atoms with E-state index in [9.17, 15) is 17.6 Å². The molecule has 0 radical (unpaired) electrons. The number of hydrogen-bond donors (Lipinski definition) is 1. The van der Waals surface area contributed by atoms with Gasteiger partial charge in [0.1, 0.15) is 17.4 Å². The Hall–Kier alpha value is -2.24. The average molecular weight is 490 g/mol. The Morgan fingerprint density at radius 3 is 2.45 bits per heavy atom. The predicted octanol–water partition coefficient (Wildman–Crippen LogP) is 4.91. The average Bonchev–Trinajstić information content (AvgIpc) is 3.08. The molecule has 0 atom stereocenters. The van der Waals surface area contributed by atoms with Gasteiger partial charge in [0.2, 0.25) is 5.01 Å². The first-order valence-electron chi connectivity index (χ1n) is 10.7. The maximum atomic E-state index is 13.4. The number of nitrogens with one attached hydrogen (secondary N) is 1. The second-order valence-corrected chi connectivity index (χ2v) is 8.18. The van der Waals surface area contributed by atoms with E-state index in [-0.39, 0.29) is 5.69 Å². The number of aromatic nitrogens is 1. The van der Waals surface area contributed by atoms with Gasteiger partial charge in [0.25, 0.3) is 0 Å². The van der Waals surface area contributed by atoms with Crippen LogP contribution in [0.1, 0.15) is 24.0 Å². The number of nitrogens with zero attached hydrogens (tertiary/aromatic N) is 4. The zero-order valence-electron chi connectivity index (χ0n) is 19.2. The Balaban J connectivity index is 0.000000890. The van der Waals surface area contributed by atoms with Crippen molar-refractivity contribution in [1.29, 1.82) is 0 Å². The molecule has 6 nitrogen and oxygen atoms in total. The molecule has 0 bridgehead atoms. The van der Waals surface area contributed by atoms with Crippen LogP contribution in [-0.4, -0.2) is 80.8 Å². The third-order valence-electron chi connectivity index (χ3n) is 4.90. The summed E-state index contributed by atoms with van der Waals surface area (Å²) in [5, 5.41) is 2.44. The molecule has 1 aliphatic rings. The molecule has 1 aromatic heterocycles. The molecule has 0 unspecified atom stereocenters. The van der Waals surface area contributed by atoms with Gasteiger partial charge < -0.3 is 15.0 Å². The summed E-state index contributed by atoms with van der Waals surface area (Å²) < 4.78 is 57.3. The first-order valence-corrected chi connectivity index (χ1v) is 11.5. The number of anilines is 2. The first-order chi connectivity index (χ1) is 15.8. The van der Waals surface area contributed by atoms with Crippen LogP contribution in [0, 0.1) is 0 Å². The van der Waals surface area contributed by atoms with Crippen LogP contribution in [0.5, 0.6) is 0 Å². The number of halogens is 4. The number of rotatable bonds is 6. The topological polar surface area (TPSA) is 53.0 Å². The van der Waals surface area contributed by atoms with E-state index in [2.05, 4.69) is 20.0 Å². The van der Waals surface area contributed by atoms with Gasteiger partial charge in [0, 0.05) is 52.6 Å². The predicted molar refractivity (Wildman–Crippen MR) is 125 cm³/mol. The van der Waals surface area contributed by atoms with Gasteiger partial charge in [-0.05, 0) is 32.0 Å². The molecule has 0 amide bonds. The van der Waals surface area contributed by atoms with Gasteiger partial charge in [-0.25, -0.2) is 9.37 Å². The molecular weight excluding hydrogens is 458 g/mol. The van der Waals surface area contributed by atoms with Crippen LogP contribution < -0.4 is 5.32 Å². The number of para-hydroxylation sites is 1. The molecule has 3 rings (SSSR count). The van der Waals surface area contributed by atoms with Crippen LogP contribution in [-0.2, 0) is 10.9 Å². The molecule has 1 aromatic carbocycles. The van der Waals surface area contributed by atoms with E-state index in [4.69, 9.17) is 0 Å². The quantitative estimate of drug-likeness (QED) is 0.355. The van der Waals surface area contributed by atoms with Crippen LogP contribution in [0.15, 0.2) is 35.3 Å². The Labute approximate surface area is 196 Å². The monoisotopic (exact) mass is 489 g/mol. The summed E-state index contributed by atoms with van der Waals surface area (Å²) in [6, 6.07) is 8.99. The third-order valence-corrected chi connectivity index (χ3v) is 5.92. The Morgan fingerprint density at radius 2 is 1.88 bits per heavy atom. The summed E-state index contributed by atoms with van der Waals surface area (Å²) in [6.45, 7) is 5.27. The van der Waals surface area contributed by atoms with Crippen LogP contribution in [0.4, 0.5) is 28.3 Å². The van der Waals surface area contributed by atoms with Crippen LogP contribution in [0.25, 0.3) is 0 Å². The van der Waals surface area contributed by atoms with E-state index in [0.717, 1.165) is 19.6 Å². The normalized spacial score (nSPS) is 15.6. The molecule has 1 N–H and O–H groups in total. The van der Waals surface area contributed by atoms with Crippen molar-refractivity contribution in [3.05, 3.63) is 41.0 Å². The number of amidine groups is 1. The lowest BCUT2D eigenvalue weighted by atomic mass is 10.3. The number of benzene rings is 1. The zero-order chi connectivity index (χ0) is 24.3. The Kier molecular flexibility index (Phi) is 11.0. The number of thiazole rings is 1. The maximum absolute atomic E-state index is 13.4. The molecule has 1 fully saturated rings. The summed E-state index contributed by atoms with van der Waals surface area (Å²) in [5.41, 5.74) is 0.860. The van der Waals surface area contributed by atoms with Crippen molar-refractivity contribution >= 4 is 27.9 Å². The molecule has 11 heteroatoms. The third kappa shape index (κ3) is 8.24. The van der Waals surface area contributed by atoms with Gasteiger partial charge in [-0.15, -0.1) is 0 Å². The highest BCUT2D eigenvalue weighted by Gasteiger charge is 2.37. The van der Waals surface area contributed by atoms with Crippen molar-refractivity contribution in [2.45, 2.75) is 19.5 Å². The minimum absolute atomic E-state index is 0.188. The second-order valence-electron chi connectivity index (χ2n) is 7.18. The lowest BCUT2D eigenvalue weighted by molar-refractivity contribution is -0.137. The van der Waals surface area contributed by atoms with Crippen molar-refractivity contribution in [3.63, 3.8) is 0 Å². The van der Waals surface area contributed by atoms with Gasteiger partial charge >= 0.3 is 6.18 Å². The number of hydrogen-bond acceptors (Lipinski definition) is 6. The summed E-state index contributed by atoms with van der Waals surface area (Å²) >= 11 is 0.568. The Morgan fingerprint density at radius 1 is 1.18 bits per heavy atom. The van der Waals surface area contributed by atoms with Crippen molar-refractivity contribution < 1.29 is 22.3 Å². The molecule has 2 heterocycles. The summed E-state index contributed by atoms with van der Waals surface area (Å²) in [5.74, 6) is 0.414. The number of ether oxygens (including phenoxy) is 1. The van der Waals surface area contributed by atoms with Crippen molar-refractivity contribution in [3.8, 4) is 0 Å². The van der Waals surface area contributed by atoms with Gasteiger partial charge in [0.15, 0.2) is 5.84 Å². The molecule has 33 heavy (non-hydrogen) atoms. The van der Waals surface area contributed by atoms with Crippen LogP contribution >= 0.6 is 11.3 Å². The number of alkyl halides is 4. The smallest absolute Gasteiger partial charge is 0.385 e. The van der Waals surface area contributed by atoms with Gasteiger partial charge in [-0.3, -0.25) is 9.89 Å².